The molecule has 2 aromatic rings. The summed E-state index contributed by atoms with van der Waals surface area (Å²) in [6, 6.07) is 20.1. The molecule has 2 nitrogen and oxygen atoms in total. The Labute approximate surface area is 137 Å². The van der Waals surface area contributed by atoms with E-state index in [1.165, 1.54) is 0 Å². The van der Waals surface area contributed by atoms with Crippen LogP contribution in [0.3, 0.4) is 0 Å². The second kappa shape index (κ2) is 8.40. The second-order valence-corrected chi connectivity index (χ2v) is 5.95. The summed E-state index contributed by atoms with van der Waals surface area (Å²) < 4.78 is 0.483. The largest absolute Gasteiger partial charge is 0.857 e. The van der Waals surface area contributed by atoms with Crippen molar-refractivity contribution in [2.75, 3.05) is 21.2 Å². The molecule has 2 aromatic carbocycles. The smallest absolute Gasteiger partial charge is 0.191 e. The van der Waals surface area contributed by atoms with Gasteiger partial charge in [-0.3, -0.25) is 4.48 Å². The van der Waals surface area contributed by atoms with Crippen molar-refractivity contribution >= 4 is 23.2 Å². The van der Waals surface area contributed by atoms with Gasteiger partial charge >= 0.3 is 0 Å². The van der Waals surface area contributed by atoms with E-state index in [1.807, 2.05) is 60.7 Å². The van der Waals surface area contributed by atoms with Crippen molar-refractivity contribution in [2.45, 2.75) is 11.0 Å². The predicted octanol–water partition coefficient (Wildman–Crippen LogP) is 3.91. The normalized spacial score (nSPS) is 13.8. The lowest BCUT2D eigenvalue weighted by atomic mass is 10.1. The minimum absolute atomic E-state index is 0.191. The van der Waals surface area contributed by atoms with Gasteiger partial charge in [-0.15, -0.1) is 0 Å². The van der Waals surface area contributed by atoms with Gasteiger partial charge in [0.15, 0.2) is 11.0 Å². The van der Waals surface area contributed by atoms with Crippen molar-refractivity contribution in [3.8, 4) is 0 Å². The first-order chi connectivity index (χ1) is 10.0. The second-order valence-electron chi connectivity index (χ2n) is 5.12. The Morgan fingerprint density at radius 3 is 1.29 bits per heavy atom. The number of quaternary nitrogens is 1. The van der Waals surface area contributed by atoms with E-state index in [2.05, 4.69) is 14.1 Å². The number of benzene rings is 2. The molecule has 0 bridgehead atoms. The summed E-state index contributed by atoms with van der Waals surface area (Å²) in [6.07, 6.45) is 0. The van der Waals surface area contributed by atoms with E-state index < -0.39 is 0 Å². The first kappa shape index (κ1) is 18.0. The molecule has 0 heterocycles. The molecule has 2 atom stereocenters. The van der Waals surface area contributed by atoms with Crippen LogP contribution in [-0.4, -0.2) is 25.7 Å². The molecule has 0 fully saturated rings. The van der Waals surface area contributed by atoms with Crippen LogP contribution < -0.4 is 5.11 Å². The predicted molar refractivity (Wildman–Crippen MR) is 88.1 cm³/mol. The molecule has 4 heteroatoms. The van der Waals surface area contributed by atoms with Crippen molar-refractivity contribution in [3.05, 3.63) is 71.8 Å². The van der Waals surface area contributed by atoms with E-state index in [-0.39, 0.29) is 11.0 Å². The lowest BCUT2D eigenvalue weighted by Gasteiger charge is -2.38. The Hall–Kier alpha value is -1.06. The number of hydrogen-bond donors (Lipinski definition) is 0. The third kappa shape index (κ3) is 4.45. The van der Waals surface area contributed by atoms with Gasteiger partial charge in [-0.2, -0.15) is 7.11 Å². The quantitative estimate of drug-likeness (QED) is 0.474. The molecule has 0 amide bonds. The number of halogens is 2. The van der Waals surface area contributed by atoms with E-state index in [0.717, 1.165) is 18.2 Å². The van der Waals surface area contributed by atoms with E-state index in [1.54, 1.807) is 0 Å². The van der Waals surface area contributed by atoms with Crippen molar-refractivity contribution in [3.63, 3.8) is 0 Å². The standard InChI is InChI=1S/C16H18Cl2N.CH3O/c1-19(2,15(17)13-9-5-3-6-10-13)16(18)14-11-7-4-8-12-14;1-2/h3-12,15-16H,1-2H3;1H3/q+1;-1. The van der Waals surface area contributed by atoms with Gasteiger partial charge < -0.3 is 5.11 Å². The molecule has 0 aliphatic heterocycles. The zero-order valence-corrected chi connectivity index (χ0v) is 14.1. The molecule has 0 aliphatic rings. The van der Waals surface area contributed by atoms with Crippen molar-refractivity contribution in [1.82, 2.24) is 0 Å². The van der Waals surface area contributed by atoms with Crippen LogP contribution in [-0.2, 0) is 0 Å². The molecule has 0 radical (unpaired) electrons. The number of rotatable bonds is 4. The van der Waals surface area contributed by atoms with Crippen molar-refractivity contribution in [1.29, 1.82) is 0 Å². The van der Waals surface area contributed by atoms with E-state index >= 15 is 0 Å². The van der Waals surface area contributed by atoms with Gasteiger partial charge in [-0.25, -0.2) is 0 Å². The summed E-state index contributed by atoms with van der Waals surface area (Å²) >= 11 is 13.3. The lowest BCUT2D eigenvalue weighted by Crippen LogP contribution is -2.42. The molecule has 0 N–H and O–H groups in total. The highest BCUT2D eigenvalue weighted by molar-refractivity contribution is 6.21. The topological polar surface area (TPSA) is 23.1 Å². The zero-order valence-electron chi connectivity index (χ0n) is 12.5. The Balaban J connectivity index is 0.00000106. The highest BCUT2D eigenvalue weighted by Crippen LogP contribution is 2.40. The molecule has 2 unspecified atom stereocenters. The molecule has 0 aliphatic carbocycles. The summed E-state index contributed by atoms with van der Waals surface area (Å²) in [5, 5.41) is 8.25. The average Bonchev–Trinajstić information content (AvgIpc) is 2.56. The summed E-state index contributed by atoms with van der Waals surface area (Å²) in [5.41, 5.74) is 1.78. The first-order valence-electron chi connectivity index (χ1n) is 6.65. The molecule has 0 aromatic heterocycles. The third-order valence-electron chi connectivity index (χ3n) is 3.32. The molecule has 0 spiro atoms. The molecular formula is C17H21Cl2NO. The maximum Gasteiger partial charge on any atom is 0.191 e. The van der Waals surface area contributed by atoms with Crippen LogP contribution in [0, 0.1) is 0 Å². The van der Waals surface area contributed by atoms with Gasteiger partial charge in [0.25, 0.3) is 0 Å². The minimum Gasteiger partial charge on any atom is -0.857 e. The summed E-state index contributed by atoms with van der Waals surface area (Å²) in [7, 11) is 4.85. The van der Waals surface area contributed by atoms with Gasteiger partial charge in [0.2, 0.25) is 0 Å². The molecule has 114 valence electrons. The molecule has 2 rings (SSSR count). The molecular weight excluding hydrogens is 305 g/mol. The highest BCUT2D eigenvalue weighted by Gasteiger charge is 2.35. The number of nitrogens with zero attached hydrogens (tertiary/aromatic N) is 1. The van der Waals surface area contributed by atoms with Gasteiger partial charge in [-0.1, -0.05) is 83.9 Å². The fourth-order valence-corrected chi connectivity index (χ4v) is 2.68. The third-order valence-corrected chi connectivity index (χ3v) is 4.83. The van der Waals surface area contributed by atoms with Gasteiger partial charge in [-0.05, 0) is 0 Å². The summed E-state index contributed by atoms with van der Waals surface area (Å²) in [6.45, 7) is 0. The Kier molecular flexibility index (Phi) is 7.20. The highest BCUT2D eigenvalue weighted by atomic mass is 35.5. The molecule has 0 saturated carbocycles. The van der Waals surface area contributed by atoms with E-state index in [4.69, 9.17) is 28.3 Å². The van der Waals surface area contributed by atoms with Crippen LogP contribution >= 0.6 is 23.2 Å². The minimum atomic E-state index is -0.191. The van der Waals surface area contributed by atoms with Crippen LogP contribution in [0.5, 0.6) is 0 Å². The van der Waals surface area contributed by atoms with Crippen molar-refractivity contribution < 1.29 is 9.59 Å². The van der Waals surface area contributed by atoms with E-state index in [0.29, 0.717) is 4.48 Å². The van der Waals surface area contributed by atoms with Gasteiger partial charge in [0.05, 0.1) is 14.1 Å². The Morgan fingerprint density at radius 2 is 1.00 bits per heavy atom. The first-order valence-corrected chi connectivity index (χ1v) is 7.53. The maximum absolute atomic E-state index is 8.25. The van der Waals surface area contributed by atoms with Crippen LogP contribution in [0.1, 0.15) is 22.1 Å². The molecule has 0 saturated heterocycles. The fourth-order valence-electron chi connectivity index (χ4n) is 2.11. The van der Waals surface area contributed by atoms with Crippen molar-refractivity contribution in [2.24, 2.45) is 0 Å². The van der Waals surface area contributed by atoms with Gasteiger partial charge in [0, 0.05) is 11.1 Å². The zero-order chi connectivity index (χ0) is 15.9. The average molecular weight is 326 g/mol. The number of hydrogen-bond acceptors (Lipinski definition) is 1. The lowest BCUT2D eigenvalue weighted by molar-refractivity contribution is -0.924. The summed E-state index contributed by atoms with van der Waals surface area (Å²) in [5.74, 6) is 0. The van der Waals surface area contributed by atoms with Crippen LogP contribution in [0.15, 0.2) is 60.7 Å². The Morgan fingerprint density at radius 1 is 0.714 bits per heavy atom. The summed E-state index contributed by atoms with van der Waals surface area (Å²) in [4.78, 5) is 0. The number of alkyl halides is 2. The Bertz CT molecular complexity index is 469. The fraction of sp³-hybridized carbons (Fsp3) is 0.294. The SMILES string of the molecule is C[N+](C)(C(Cl)c1ccccc1)C(Cl)c1ccccc1.C[O-]. The van der Waals surface area contributed by atoms with Crippen LogP contribution in [0.25, 0.3) is 0 Å². The monoisotopic (exact) mass is 325 g/mol. The van der Waals surface area contributed by atoms with E-state index in [9.17, 15) is 0 Å². The molecule has 21 heavy (non-hydrogen) atoms. The van der Waals surface area contributed by atoms with Crippen LogP contribution in [0.2, 0.25) is 0 Å². The van der Waals surface area contributed by atoms with Gasteiger partial charge in [0.1, 0.15) is 0 Å². The maximum atomic E-state index is 8.25. The van der Waals surface area contributed by atoms with Crippen LogP contribution in [0.4, 0.5) is 0 Å².